The van der Waals surface area contributed by atoms with Crippen LogP contribution in [0.5, 0.6) is 0 Å². The highest BCUT2D eigenvalue weighted by Gasteiger charge is 2.60. The molecule has 1 aliphatic heterocycles. The summed E-state index contributed by atoms with van der Waals surface area (Å²) < 4.78 is -1.20. The van der Waals surface area contributed by atoms with Crippen molar-refractivity contribution in [2.45, 2.75) is 37.8 Å². The number of amides is 2. The maximum absolute atomic E-state index is 12.9. The molecule has 1 heterocycles. The number of hydrogen-bond donors (Lipinski definition) is 3. The average Bonchev–Trinajstić information content (AvgIpc) is 3.01. The number of carbonyl (C=O) groups excluding carboxylic acids is 2. The largest absolute Gasteiger partial charge is 0.480 e. The Morgan fingerprint density at radius 1 is 0.800 bits per heavy atom. The number of rotatable bonds is 9. The van der Waals surface area contributed by atoms with Crippen molar-refractivity contribution in [2.75, 3.05) is 0 Å². The van der Waals surface area contributed by atoms with E-state index in [1.165, 1.54) is 0 Å². The number of carbonyl (C=O) groups is 4. The minimum atomic E-state index is -1.48. The van der Waals surface area contributed by atoms with E-state index in [1.807, 2.05) is 0 Å². The fraction of sp³-hybridized carbons (Fsp3) is 0.273. The van der Waals surface area contributed by atoms with Crippen LogP contribution in [-0.4, -0.2) is 50.6 Å². The standard InChI is InChI=1S/C22H22N2O6/c25-19-11-12-20(26)24(19,18(22(29)30)14-16-9-5-2-6-10-16)23-17(21(27)28)13-15-7-3-1-4-8-15/h1-10,17-18,23H,11-14H2,(H-,27,28,29,30)/p+1/t17-,18-/m0/s1. The van der Waals surface area contributed by atoms with E-state index in [-0.39, 0.29) is 25.7 Å². The third kappa shape index (κ3) is 4.29. The van der Waals surface area contributed by atoms with Gasteiger partial charge in [0.05, 0.1) is 12.8 Å². The van der Waals surface area contributed by atoms with Crippen molar-refractivity contribution in [1.82, 2.24) is 5.43 Å². The summed E-state index contributed by atoms with van der Waals surface area (Å²) in [7, 11) is 0. The molecule has 3 rings (SSSR count). The van der Waals surface area contributed by atoms with Crippen LogP contribution in [0.25, 0.3) is 0 Å². The van der Waals surface area contributed by atoms with Crippen molar-refractivity contribution in [3.8, 4) is 0 Å². The molecule has 1 fully saturated rings. The number of imide groups is 1. The fourth-order valence-electron chi connectivity index (χ4n) is 3.80. The molecule has 2 amide bonds. The van der Waals surface area contributed by atoms with Crippen molar-refractivity contribution in [2.24, 2.45) is 0 Å². The van der Waals surface area contributed by atoms with Crippen LogP contribution in [0.15, 0.2) is 60.7 Å². The number of benzene rings is 2. The van der Waals surface area contributed by atoms with E-state index >= 15 is 0 Å². The van der Waals surface area contributed by atoms with Gasteiger partial charge in [-0.3, -0.25) is 4.79 Å². The smallest absolute Gasteiger partial charge is 0.365 e. The average molecular weight is 411 g/mol. The number of aliphatic carboxylic acids is 2. The molecule has 0 aromatic heterocycles. The minimum Gasteiger partial charge on any atom is -0.480 e. The Morgan fingerprint density at radius 3 is 1.70 bits per heavy atom. The molecule has 156 valence electrons. The maximum atomic E-state index is 12.9. The predicted octanol–water partition coefficient (Wildman–Crippen LogP) is 1.55. The van der Waals surface area contributed by atoms with Crippen molar-refractivity contribution in [1.29, 1.82) is 0 Å². The quantitative estimate of drug-likeness (QED) is 0.423. The second-order valence-electron chi connectivity index (χ2n) is 7.26. The summed E-state index contributed by atoms with van der Waals surface area (Å²) in [5.74, 6) is -3.89. The molecule has 0 spiro atoms. The lowest BCUT2D eigenvalue weighted by Crippen LogP contribution is -2.72. The second kappa shape index (κ2) is 8.98. The number of likely N-dealkylation sites (tertiary alicyclic amines) is 1. The highest BCUT2D eigenvalue weighted by Crippen LogP contribution is 2.28. The van der Waals surface area contributed by atoms with Gasteiger partial charge in [0.15, 0.2) is 6.04 Å². The van der Waals surface area contributed by atoms with Crippen molar-refractivity contribution < 1.29 is 34.0 Å². The van der Waals surface area contributed by atoms with Gasteiger partial charge >= 0.3 is 23.8 Å². The van der Waals surface area contributed by atoms with E-state index in [2.05, 4.69) is 5.43 Å². The molecule has 8 nitrogen and oxygen atoms in total. The highest BCUT2D eigenvalue weighted by atomic mass is 16.4. The molecule has 3 N–H and O–H groups in total. The van der Waals surface area contributed by atoms with Crippen LogP contribution in [0.3, 0.4) is 0 Å². The molecule has 30 heavy (non-hydrogen) atoms. The third-order valence-corrected chi connectivity index (χ3v) is 5.30. The van der Waals surface area contributed by atoms with Crippen molar-refractivity contribution in [3.63, 3.8) is 0 Å². The van der Waals surface area contributed by atoms with Crippen LogP contribution < -0.4 is 5.43 Å². The van der Waals surface area contributed by atoms with Gasteiger partial charge in [0.1, 0.15) is 0 Å². The molecule has 2 aromatic carbocycles. The number of carboxylic acid groups (broad SMARTS) is 2. The molecule has 1 saturated heterocycles. The molecular formula is C22H23N2O6+. The van der Waals surface area contributed by atoms with Crippen LogP contribution in [0, 0.1) is 0 Å². The Bertz CT molecular complexity index is 929. The van der Waals surface area contributed by atoms with Crippen molar-refractivity contribution >= 4 is 23.8 Å². The lowest BCUT2D eigenvalue weighted by Gasteiger charge is -2.35. The number of nitrogens with one attached hydrogen (secondary N) is 1. The first-order valence-electron chi connectivity index (χ1n) is 9.61. The summed E-state index contributed by atoms with van der Waals surface area (Å²) in [5.41, 5.74) is 3.95. The molecule has 0 aliphatic carbocycles. The van der Waals surface area contributed by atoms with Crippen LogP contribution >= 0.6 is 0 Å². The molecular weight excluding hydrogens is 388 g/mol. The van der Waals surface area contributed by atoms with Crippen LogP contribution in [0.4, 0.5) is 0 Å². The van der Waals surface area contributed by atoms with Crippen LogP contribution in [-0.2, 0) is 32.0 Å². The fourth-order valence-corrected chi connectivity index (χ4v) is 3.80. The maximum Gasteiger partial charge on any atom is 0.365 e. The summed E-state index contributed by atoms with van der Waals surface area (Å²) in [5, 5.41) is 19.7. The van der Waals surface area contributed by atoms with Gasteiger partial charge in [-0.2, -0.15) is 0 Å². The lowest BCUT2D eigenvalue weighted by atomic mass is 10.0. The van der Waals surface area contributed by atoms with E-state index in [0.717, 1.165) is 0 Å². The molecule has 2 aromatic rings. The molecule has 0 saturated carbocycles. The zero-order chi connectivity index (χ0) is 21.7. The first-order valence-corrected chi connectivity index (χ1v) is 9.61. The molecule has 2 atom stereocenters. The van der Waals surface area contributed by atoms with Gasteiger partial charge in [0.25, 0.3) is 0 Å². The van der Waals surface area contributed by atoms with Gasteiger partial charge in [-0.25, -0.2) is 14.4 Å². The normalized spacial score (nSPS) is 17.5. The highest BCUT2D eigenvalue weighted by molar-refractivity contribution is 5.94. The van der Waals surface area contributed by atoms with Gasteiger partial charge < -0.3 is 10.2 Å². The number of nitrogens with zero attached hydrogens (tertiary/aromatic N) is 1. The Morgan fingerprint density at radius 2 is 1.27 bits per heavy atom. The van der Waals surface area contributed by atoms with E-state index in [1.54, 1.807) is 60.7 Å². The summed E-state index contributed by atoms with van der Waals surface area (Å²) >= 11 is 0. The third-order valence-electron chi connectivity index (χ3n) is 5.30. The first kappa shape index (κ1) is 21.4. The van der Waals surface area contributed by atoms with Crippen LogP contribution in [0.1, 0.15) is 24.0 Å². The Kier molecular flexibility index (Phi) is 6.39. The van der Waals surface area contributed by atoms with Gasteiger partial charge in [-0.15, -0.1) is 10.0 Å². The summed E-state index contributed by atoms with van der Waals surface area (Å²) in [4.78, 5) is 49.9. The molecule has 8 heteroatoms. The topological polar surface area (TPSA) is 121 Å². The second-order valence-corrected chi connectivity index (χ2v) is 7.26. The summed E-state index contributed by atoms with van der Waals surface area (Å²) in [6, 6.07) is 14.6. The van der Waals surface area contributed by atoms with E-state index < -0.39 is 40.4 Å². The summed E-state index contributed by atoms with van der Waals surface area (Å²) in [6.45, 7) is 0. The Labute approximate surface area is 173 Å². The van der Waals surface area contributed by atoms with Crippen LogP contribution in [0.2, 0.25) is 0 Å². The number of hydrogen-bond acceptors (Lipinski definition) is 5. The molecule has 0 radical (unpaired) electrons. The van der Waals surface area contributed by atoms with Gasteiger partial charge in [0, 0.05) is 12.8 Å². The summed E-state index contributed by atoms with van der Waals surface area (Å²) in [6.07, 6.45) is -0.378. The minimum absolute atomic E-state index is 0.00555. The van der Waals surface area contributed by atoms with Gasteiger partial charge in [0.2, 0.25) is 6.04 Å². The molecule has 0 bridgehead atoms. The monoisotopic (exact) mass is 411 g/mol. The lowest BCUT2D eigenvalue weighted by molar-refractivity contribution is -0.839. The zero-order valence-corrected chi connectivity index (χ0v) is 16.2. The van der Waals surface area contributed by atoms with Gasteiger partial charge in [-0.05, 0) is 11.1 Å². The Balaban J connectivity index is 1.99. The van der Waals surface area contributed by atoms with Gasteiger partial charge in [-0.1, -0.05) is 60.7 Å². The first-order chi connectivity index (χ1) is 14.3. The Hall–Kier alpha value is -3.36. The molecule has 1 aliphatic rings. The van der Waals surface area contributed by atoms with E-state index in [0.29, 0.717) is 11.1 Å². The zero-order valence-electron chi connectivity index (χ0n) is 16.2. The number of carboxylic acids is 2. The van der Waals surface area contributed by atoms with E-state index in [4.69, 9.17) is 0 Å². The number of quaternary nitrogens is 1. The van der Waals surface area contributed by atoms with Crippen molar-refractivity contribution in [3.05, 3.63) is 71.8 Å². The molecule has 0 unspecified atom stereocenters. The SMILES string of the molecule is O=C(O)[C@H](Cc1ccccc1)N[N+]1([C@@H](Cc2ccccc2)C(=O)O)C(=O)CCC1=O. The predicted molar refractivity (Wildman–Crippen MR) is 106 cm³/mol. The van der Waals surface area contributed by atoms with E-state index in [9.17, 15) is 29.4 Å².